The number of ether oxygens (including phenoxy) is 1. The van der Waals surface area contributed by atoms with Crippen LogP contribution in [0.3, 0.4) is 0 Å². The molecule has 0 bridgehead atoms. The Kier molecular flexibility index (Phi) is 6.06. The van der Waals surface area contributed by atoms with Crippen LogP contribution < -0.4 is 15.4 Å². The number of nitrogens with one attached hydrogen (secondary N) is 2. The van der Waals surface area contributed by atoms with Gasteiger partial charge < -0.3 is 15.4 Å². The van der Waals surface area contributed by atoms with E-state index in [-0.39, 0.29) is 17.7 Å². The average Bonchev–Trinajstić information content (AvgIpc) is 3.17. The minimum Gasteiger partial charge on any atom is -0.455 e. The molecule has 0 aliphatic heterocycles. The zero-order valence-electron chi connectivity index (χ0n) is 15.7. The van der Waals surface area contributed by atoms with Gasteiger partial charge in [0.05, 0.1) is 6.20 Å². The number of carbonyl (C=O) groups is 2. The summed E-state index contributed by atoms with van der Waals surface area (Å²) in [5.74, 6) is 1.21. The highest BCUT2D eigenvalue weighted by Crippen LogP contribution is 2.30. The third kappa shape index (κ3) is 5.06. The van der Waals surface area contributed by atoms with Crippen LogP contribution in [0.1, 0.15) is 38.2 Å². The molecule has 0 saturated heterocycles. The summed E-state index contributed by atoms with van der Waals surface area (Å²) in [6.45, 7) is 3.37. The quantitative estimate of drug-likeness (QED) is 0.813. The van der Waals surface area contributed by atoms with E-state index in [0.717, 1.165) is 31.2 Å². The first kappa shape index (κ1) is 18.9. The number of anilines is 1. The van der Waals surface area contributed by atoms with E-state index in [2.05, 4.69) is 15.6 Å². The van der Waals surface area contributed by atoms with Crippen molar-refractivity contribution in [2.45, 2.75) is 45.6 Å². The van der Waals surface area contributed by atoms with Gasteiger partial charge in [-0.3, -0.25) is 14.6 Å². The SMILES string of the molecule is CC(=O)NC(C(=O)Nc1ccc(Oc2cccnc2)c(C)c1)C1CCCC1. The number of nitrogens with zero attached hydrogens (tertiary/aromatic N) is 1. The van der Waals surface area contributed by atoms with Crippen molar-refractivity contribution in [1.82, 2.24) is 10.3 Å². The average molecular weight is 367 g/mol. The van der Waals surface area contributed by atoms with Crippen molar-refractivity contribution in [3.8, 4) is 11.5 Å². The lowest BCUT2D eigenvalue weighted by molar-refractivity contribution is -0.126. The molecule has 1 saturated carbocycles. The maximum atomic E-state index is 12.8. The summed E-state index contributed by atoms with van der Waals surface area (Å²) in [5.41, 5.74) is 1.58. The lowest BCUT2D eigenvalue weighted by atomic mass is 9.97. The fourth-order valence-electron chi connectivity index (χ4n) is 3.50. The van der Waals surface area contributed by atoms with Crippen molar-refractivity contribution < 1.29 is 14.3 Å². The summed E-state index contributed by atoms with van der Waals surface area (Å²) in [7, 11) is 0. The molecule has 2 amide bonds. The third-order valence-electron chi connectivity index (χ3n) is 4.82. The molecule has 1 heterocycles. The van der Waals surface area contributed by atoms with E-state index in [1.807, 2.05) is 31.2 Å². The molecule has 1 aromatic heterocycles. The zero-order chi connectivity index (χ0) is 19.2. The van der Waals surface area contributed by atoms with Gasteiger partial charge >= 0.3 is 0 Å². The lowest BCUT2D eigenvalue weighted by Gasteiger charge is -2.23. The van der Waals surface area contributed by atoms with Gasteiger partial charge in [0.15, 0.2) is 0 Å². The van der Waals surface area contributed by atoms with E-state index in [0.29, 0.717) is 17.2 Å². The van der Waals surface area contributed by atoms with Gasteiger partial charge in [-0.25, -0.2) is 0 Å². The molecule has 3 rings (SSSR count). The van der Waals surface area contributed by atoms with Crippen LogP contribution >= 0.6 is 0 Å². The molecule has 1 aliphatic rings. The summed E-state index contributed by atoms with van der Waals surface area (Å²) in [6.07, 6.45) is 7.48. The summed E-state index contributed by atoms with van der Waals surface area (Å²) in [4.78, 5) is 28.3. The molecule has 2 aromatic rings. The number of rotatable bonds is 6. The van der Waals surface area contributed by atoms with Gasteiger partial charge in [0.2, 0.25) is 11.8 Å². The van der Waals surface area contributed by atoms with Crippen LogP contribution in [0.4, 0.5) is 5.69 Å². The minimum atomic E-state index is -0.489. The highest BCUT2D eigenvalue weighted by molar-refractivity contribution is 5.97. The molecule has 0 spiro atoms. The highest BCUT2D eigenvalue weighted by Gasteiger charge is 2.31. The van der Waals surface area contributed by atoms with Gasteiger partial charge in [-0.05, 0) is 61.6 Å². The number of benzene rings is 1. The maximum absolute atomic E-state index is 12.8. The van der Waals surface area contributed by atoms with Gasteiger partial charge in [0.1, 0.15) is 17.5 Å². The van der Waals surface area contributed by atoms with Crippen LogP contribution in [0, 0.1) is 12.8 Å². The number of pyridine rings is 1. The molecule has 1 aliphatic carbocycles. The van der Waals surface area contributed by atoms with Crippen molar-refractivity contribution >= 4 is 17.5 Å². The third-order valence-corrected chi connectivity index (χ3v) is 4.82. The summed E-state index contributed by atoms with van der Waals surface area (Å²) >= 11 is 0. The predicted molar refractivity (Wildman–Crippen MR) is 104 cm³/mol. The van der Waals surface area contributed by atoms with Crippen molar-refractivity contribution in [3.05, 3.63) is 48.3 Å². The van der Waals surface area contributed by atoms with Crippen molar-refractivity contribution in [1.29, 1.82) is 0 Å². The topological polar surface area (TPSA) is 80.3 Å². The van der Waals surface area contributed by atoms with Crippen LogP contribution in [0.5, 0.6) is 11.5 Å². The van der Waals surface area contributed by atoms with Gasteiger partial charge in [0.25, 0.3) is 0 Å². The molecule has 6 heteroatoms. The number of aryl methyl sites for hydroxylation is 1. The molecule has 142 valence electrons. The normalized spacial score (nSPS) is 15.2. The van der Waals surface area contributed by atoms with Crippen molar-refractivity contribution in [2.75, 3.05) is 5.32 Å². The van der Waals surface area contributed by atoms with Crippen LogP contribution in [0.2, 0.25) is 0 Å². The number of amides is 2. The van der Waals surface area contributed by atoms with Crippen LogP contribution in [0.25, 0.3) is 0 Å². The van der Waals surface area contributed by atoms with E-state index in [1.165, 1.54) is 6.92 Å². The zero-order valence-corrected chi connectivity index (χ0v) is 15.7. The van der Waals surface area contributed by atoms with E-state index in [1.54, 1.807) is 18.5 Å². The molecule has 1 aromatic carbocycles. The Bertz CT molecular complexity index is 802. The number of hydrogen-bond acceptors (Lipinski definition) is 4. The number of hydrogen-bond donors (Lipinski definition) is 2. The summed E-state index contributed by atoms with van der Waals surface area (Å²) < 4.78 is 5.82. The molecule has 2 N–H and O–H groups in total. The second kappa shape index (κ2) is 8.66. The molecular formula is C21H25N3O3. The first-order chi connectivity index (χ1) is 13.0. The van der Waals surface area contributed by atoms with E-state index < -0.39 is 6.04 Å². The van der Waals surface area contributed by atoms with Gasteiger partial charge in [0, 0.05) is 18.8 Å². The van der Waals surface area contributed by atoms with Crippen molar-refractivity contribution in [3.63, 3.8) is 0 Å². The van der Waals surface area contributed by atoms with E-state index >= 15 is 0 Å². The highest BCUT2D eigenvalue weighted by atomic mass is 16.5. The Morgan fingerprint density at radius 2 is 2.00 bits per heavy atom. The number of carbonyl (C=O) groups excluding carboxylic acids is 2. The molecule has 6 nitrogen and oxygen atoms in total. The fraction of sp³-hybridized carbons (Fsp3) is 0.381. The monoisotopic (exact) mass is 367 g/mol. The Morgan fingerprint density at radius 3 is 2.63 bits per heavy atom. The number of aromatic nitrogens is 1. The summed E-state index contributed by atoms with van der Waals surface area (Å²) in [6, 6.07) is 8.64. The van der Waals surface area contributed by atoms with Crippen LogP contribution in [-0.4, -0.2) is 22.8 Å². The minimum absolute atomic E-state index is 0.169. The van der Waals surface area contributed by atoms with E-state index in [9.17, 15) is 9.59 Å². The van der Waals surface area contributed by atoms with Gasteiger partial charge in [-0.15, -0.1) is 0 Å². The Hall–Kier alpha value is -2.89. The Labute approximate surface area is 159 Å². The Balaban J connectivity index is 1.69. The molecule has 0 radical (unpaired) electrons. The van der Waals surface area contributed by atoms with Crippen LogP contribution in [-0.2, 0) is 9.59 Å². The van der Waals surface area contributed by atoms with Gasteiger partial charge in [-0.2, -0.15) is 0 Å². The largest absolute Gasteiger partial charge is 0.455 e. The molecular weight excluding hydrogens is 342 g/mol. The van der Waals surface area contributed by atoms with E-state index in [4.69, 9.17) is 4.74 Å². The molecule has 1 atom stereocenters. The first-order valence-corrected chi connectivity index (χ1v) is 9.29. The molecule has 1 unspecified atom stereocenters. The van der Waals surface area contributed by atoms with Crippen molar-refractivity contribution in [2.24, 2.45) is 5.92 Å². The smallest absolute Gasteiger partial charge is 0.247 e. The summed E-state index contributed by atoms with van der Waals surface area (Å²) in [5, 5.41) is 5.75. The fourth-order valence-corrected chi connectivity index (χ4v) is 3.50. The maximum Gasteiger partial charge on any atom is 0.247 e. The second-order valence-electron chi connectivity index (χ2n) is 6.98. The Morgan fingerprint density at radius 1 is 1.22 bits per heavy atom. The molecule has 1 fully saturated rings. The second-order valence-corrected chi connectivity index (χ2v) is 6.98. The molecule has 27 heavy (non-hydrogen) atoms. The van der Waals surface area contributed by atoms with Gasteiger partial charge in [-0.1, -0.05) is 12.8 Å². The predicted octanol–water partition coefficient (Wildman–Crippen LogP) is 3.82. The standard InChI is InChI=1S/C21H25N3O3/c1-14-12-17(9-10-19(14)27-18-8-5-11-22-13-18)24-21(26)20(23-15(2)25)16-6-3-4-7-16/h5,8-13,16,20H,3-4,6-7H2,1-2H3,(H,23,25)(H,24,26). The first-order valence-electron chi connectivity index (χ1n) is 9.29. The van der Waals surface area contributed by atoms with Crippen LogP contribution in [0.15, 0.2) is 42.7 Å². The lowest BCUT2D eigenvalue weighted by Crippen LogP contribution is -2.47.